The van der Waals surface area contributed by atoms with Crippen molar-refractivity contribution in [3.8, 4) is 0 Å². The molecule has 0 saturated heterocycles. The molecule has 0 saturated carbocycles. The van der Waals surface area contributed by atoms with E-state index in [9.17, 15) is 0 Å². The normalized spacial score (nSPS) is 12.4. The fourth-order valence-electron chi connectivity index (χ4n) is 0. The van der Waals surface area contributed by atoms with Crippen molar-refractivity contribution in [1.82, 2.24) is 0 Å². The van der Waals surface area contributed by atoms with Gasteiger partial charge in [-0.2, -0.15) is 0 Å². The second-order valence-corrected chi connectivity index (χ2v) is 3.91. The Morgan fingerprint density at radius 1 is 1.22 bits per heavy atom. The summed E-state index contributed by atoms with van der Waals surface area (Å²) in [4.78, 5) is 0. The molecule has 0 unspecified atom stereocenters. The molecule has 0 aliphatic heterocycles. The van der Waals surface area contributed by atoms with Crippen LogP contribution in [0.25, 0.3) is 0 Å². The van der Waals surface area contributed by atoms with Crippen LogP contribution in [-0.4, -0.2) is 14.4 Å². The van der Waals surface area contributed by atoms with Gasteiger partial charge in [-0.25, -0.2) is 5.14 Å². The molecule has 0 radical (unpaired) electrons. The van der Waals surface area contributed by atoms with Gasteiger partial charge in [-0.3, -0.25) is 9.11 Å². The van der Waals surface area contributed by atoms with Crippen LogP contribution in [0.15, 0.2) is 0 Å². The maximum atomic E-state index is 8.51. The van der Waals surface area contributed by atoms with Crippen LogP contribution in [0.5, 0.6) is 0 Å². The zero-order chi connectivity index (χ0) is 8.08. The van der Waals surface area contributed by atoms with Crippen LogP contribution in [0.2, 0.25) is 0 Å². The van der Waals surface area contributed by atoms with Gasteiger partial charge in [0, 0.05) is 0 Å². The largest absolute Gasteiger partial charge is 0.286 e. The number of hydrogen-bond donors (Lipinski definition) is 3. The fourth-order valence-corrected chi connectivity index (χ4v) is 0. The summed E-state index contributed by atoms with van der Waals surface area (Å²) in [5.74, 6) is 0. The summed E-state index contributed by atoms with van der Waals surface area (Å²) >= 11 is 0. The third kappa shape index (κ3) is 8.23. The van der Waals surface area contributed by atoms with E-state index in [1.807, 2.05) is 13.8 Å². The minimum atomic E-state index is -2.74. The van der Waals surface area contributed by atoms with E-state index in [0.717, 1.165) is 0 Å². The minimum absolute atomic E-state index is 0.229. The average Bonchev–Trinajstić information content (AvgIpc) is 1.69. The van der Waals surface area contributed by atoms with Crippen molar-refractivity contribution in [2.45, 2.75) is 32.9 Å². The van der Waals surface area contributed by atoms with Crippen LogP contribution < -0.4 is 5.14 Å². The van der Waals surface area contributed by atoms with Gasteiger partial charge in [0.1, 0.15) is 0 Å². The first-order chi connectivity index (χ1) is 3.94. The Morgan fingerprint density at radius 3 is 1.33 bits per heavy atom. The van der Waals surface area contributed by atoms with Crippen molar-refractivity contribution in [2.75, 3.05) is 0 Å². The van der Waals surface area contributed by atoms with Gasteiger partial charge in [0.05, 0.1) is 5.25 Å². The smallest absolute Gasteiger partial charge is 0.0579 e. The zero-order valence-corrected chi connectivity index (χ0v) is 7.27. The molecule has 3 nitrogen and oxygen atoms in total. The molecule has 4 N–H and O–H groups in total. The van der Waals surface area contributed by atoms with Crippen LogP contribution in [0, 0.1) is 0 Å². The monoisotopic (exact) mass is 155 g/mol. The Morgan fingerprint density at radius 2 is 1.33 bits per heavy atom. The Balaban J connectivity index is 0. The zero-order valence-electron chi connectivity index (χ0n) is 6.46. The van der Waals surface area contributed by atoms with Gasteiger partial charge in [-0.1, -0.05) is 13.8 Å². The Bertz CT molecular complexity index is 60.5. The lowest BCUT2D eigenvalue weighted by atomic mass is 10.6. The highest BCUT2D eigenvalue weighted by Crippen LogP contribution is 2.33. The fraction of sp³-hybridized carbons (Fsp3) is 1.00. The van der Waals surface area contributed by atoms with E-state index in [-0.39, 0.29) is 5.25 Å². The van der Waals surface area contributed by atoms with E-state index >= 15 is 0 Å². The summed E-state index contributed by atoms with van der Waals surface area (Å²) in [6.45, 7) is 7.32. The van der Waals surface area contributed by atoms with Crippen LogP contribution in [-0.2, 0) is 0 Å². The van der Waals surface area contributed by atoms with Crippen LogP contribution in [0.1, 0.15) is 27.7 Å². The maximum absolute atomic E-state index is 8.51. The number of nitrogens with two attached hydrogens (primary N) is 1. The molecular weight excluding hydrogens is 138 g/mol. The van der Waals surface area contributed by atoms with Crippen LogP contribution >= 0.6 is 10.8 Å². The van der Waals surface area contributed by atoms with Gasteiger partial charge >= 0.3 is 0 Å². The van der Waals surface area contributed by atoms with Crippen LogP contribution in [0.4, 0.5) is 0 Å². The summed E-state index contributed by atoms with van der Waals surface area (Å²) in [5, 5.41) is 4.64. The highest BCUT2D eigenvalue weighted by atomic mass is 32.3. The van der Waals surface area contributed by atoms with Crippen molar-refractivity contribution >= 4 is 10.8 Å². The molecule has 0 atom stereocenters. The van der Waals surface area contributed by atoms with E-state index in [2.05, 4.69) is 0 Å². The van der Waals surface area contributed by atoms with Crippen molar-refractivity contribution in [2.24, 2.45) is 5.14 Å². The molecule has 0 spiro atoms. The highest BCUT2D eigenvalue weighted by Gasteiger charge is 2.08. The maximum Gasteiger partial charge on any atom is 0.0579 e. The second-order valence-electron chi connectivity index (χ2n) is 1.69. The molecule has 0 rings (SSSR count). The highest BCUT2D eigenvalue weighted by molar-refractivity contribution is 8.22. The Hall–Kier alpha value is 0.230. The molecule has 0 amide bonds. The summed E-state index contributed by atoms with van der Waals surface area (Å²) in [6.07, 6.45) is 0. The molecule has 0 aliphatic rings. The molecule has 4 heteroatoms. The summed E-state index contributed by atoms with van der Waals surface area (Å²) in [7, 11) is -2.74. The summed E-state index contributed by atoms with van der Waals surface area (Å²) < 4.78 is 17.0. The lowest BCUT2D eigenvalue weighted by Gasteiger charge is -2.30. The van der Waals surface area contributed by atoms with Gasteiger partial charge in [-0.15, -0.1) is 10.8 Å². The lowest BCUT2D eigenvalue weighted by molar-refractivity contribution is 0.478. The van der Waals surface area contributed by atoms with Gasteiger partial charge in [0.25, 0.3) is 0 Å². The molecule has 0 bridgehead atoms. The predicted octanol–water partition coefficient (Wildman–Crippen LogP) is 2.05. The first-order valence-corrected chi connectivity index (χ1v) is 4.66. The second kappa shape index (κ2) is 5.05. The molecule has 0 heterocycles. The first kappa shape index (κ1) is 12.0. The quantitative estimate of drug-likeness (QED) is 0.543. The average molecular weight is 155 g/mol. The minimum Gasteiger partial charge on any atom is -0.286 e. The Kier molecular flexibility index (Phi) is 6.71. The predicted molar refractivity (Wildman–Crippen MR) is 43.5 cm³/mol. The SMILES string of the molecule is CC.CC(C)S(N)(O)O. The van der Waals surface area contributed by atoms with Gasteiger partial charge in [-0.05, 0) is 13.8 Å². The third-order valence-corrected chi connectivity index (χ3v) is 2.08. The van der Waals surface area contributed by atoms with E-state index in [0.29, 0.717) is 0 Å². The lowest BCUT2D eigenvalue weighted by Crippen LogP contribution is -2.18. The van der Waals surface area contributed by atoms with E-state index < -0.39 is 10.8 Å². The van der Waals surface area contributed by atoms with Crippen molar-refractivity contribution in [3.05, 3.63) is 0 Å². The summed E-state index contributed by atoms with van der Waals surface area (Å²) in [5.41, 5.74) is 0. The molecule has 60 valence electrons. The molecule has 0 fully saturated rings. The number of hydrogen-bond acceptors (Lipinski definition) is 3. The Labute approximate surface area is 58.7 Å². The van der Waals surface area contributed by atoms with Gasteiger partial charge in [0.2, 0.25) is 0 Å². The molecule has 9 heavy (non-hydrogen) atoms. The molecule has 0 aliphatic carbocycles. The van der Waals surface area contributed by atoms with Crippen molar-refractivity contribution < 1.29 is 9.11 Å². The van der Waals surface area contributed by atoms with E-state index in [1.54, 1.807) is 13.8 Å². The van der Waals surface area contributed by atoms with Crippen molar-refractivity contribution in [1.29, 1.82) is 0 Å². The molecule has 0 aromatic carbocycles. The standard InChI is InChI=1S/C3H11NO2S.C2H6/c1-3(2)7(4,5)6;1-2/h3,5-6H,4H2,1-2H3;1-2H3. The molecular formula is C5H17NO2S. The third-order valence-electron chi connectivity index (χ3n) is 0.694. The van der Waals surface area contributed by atoms with Gasteiger partial charge < -0.3 is 0 Å². The van der Waals surface area contributed by atoms with Crippen molar-refractivity contribution in [3.63, 3.8) is 0 Å². The first-order valence-electron chi connectivity index (χ1n) is 2.99. The van der Waals surface area contributed by atoms with E-state index in [4.69, 9.17) is 14.2 Å². The van der Waals surface area contributed by atoms with E-state index in [1.165, 1.54) is 0 Å². The number of rotatable bonds is 1. The molecule has 0 aromatic heterocycles. The van der Waals surface area contributed by atoms with Crippen LogP contribution in [0.3, 0.4) is 0 Å². The topological polar surface area (TPSA) is 66.5 Å². The van der Waals surface area contributed by atoms with Gasteiger partial charge in [0.15, 0.2) is 0 Å². The summed E-state index contributed by atoms with van der Waals surface area (Å²) in [6, 6.07) is 0. The molecule has 0 aromatic rings.